The molecule has 0 saturated carbocycles. The number of aryl methyl sites for hydroxylation is 2. The lowest BCUT2D eigenvalue weighted by molar-refractivity contribution is 0.490. The standard InChI is InChI=1S/C12H15N3O/c1-8-5-11(13)12(14-6-8)15-7-10-4-3-9(2)16-10/h3-6H,7,13H2,1-2H3,(H,14,15). The Morgan fingerprint density at radius 1 is 1.38 bits per heavy atom. The van der Waals surface area contributed by atoms with E-state index in [4.69, 9.17) is 10.2 Å². The number of anilines is 2. The summed E-state index contributed by atoms with van der Waals surface area (Å²) in [5, 5.41) is 3.14. The largest absolute Gasteiger partial charge is 0.465 e. The molecule has 0 aliphatic heterocycles. The van der Waals surface area contributed by atoms with Crippen LogP contribution in [0, 0.1) is 13.8 Å². The van der Waals surface area contributed by atoms with Crippen molar-refractivity contribution >= 4 is 11.5 Å². The number of nitrogens with one attached hydrogen (secondary N) is 1. The van der Waals surface area contributed by atoms with Crippen molar-refractivity contribution < 1.29 is 4.42 Å². The molecule has 0 atom stereocenters. The predicted octanol–water partition coefficient (Wildman–Crippen LogP) is 2.49. The van der Waals surface area contributed by atoms with Crippen LogP contribution in [0.3, 0.4) is 0 Å². The van der Waals surface area contributed by atoms with Crippen molar-refractivity contribution in [3.8, 4) is 0 Å². The third-order valence-electron chi connectivity index (χ3n) is 2.28. The smallest absolute Gasteiger partial charge is 0.149 e. The van der Waals surface area contributed by atoms with Crippen LogP contribution < -0.4 is 11.1 Å². The molecule has 3 N–H and O–H groups in total. The Labute approximate surface area is 94.5 Å². The molecular weight excluding hydrogens is 202 g/mol. The van der Waals surface area contributed by atoms with Gasteiger partial charge in [0, 0.05) is 6.20 Å². The maximum atomic E-state index is 5.84. The monoisotopic (exact) mass is 217 g/mol. The summed E-state index contributed by atoms with van der Waals surface area (Å²) < 4.78 is 5.44. The minimum atomic E-state index is 0.591. The van der Waals surface area contributed by atoms with Crippen molar-refractivity contribution in [1.82, 2.24) is 4.98 Å². The number of rotatable bonds is 3. The molecule has 4 heteroatoms. The first-order chi connectivity index (χ1) is 7.65. The quantitative estimate of drug-likeness (QED) is 0.829. The second-order valence-corrected chi connectivity index (χ2v) is 3.82. The molecule has 0 aromatic carbocycles. The first-order valence-electron chi connectivity index (χ1n) is 5.16. The van der Waals surface area contributed by atoms with Gasteiger partial charge in [-0.1, -0.05) is 0 Å². The van der Waals surface area contributed by atoms with E-state index in [2.05, 4.69) is 10.3 Å². The molecule has 0 bridgehead atoms. The Kier molecular flexibility index (Phi) is 2.81. The molecule has 0 amide bonds. The SMILES string of the molecule is Cc1cnc(NCc2ccc(C)o2)c(N)c1. The summed E-state index contributed by atoms with van der Waals surface area (Å²) in [4.78, 5) is 4.22. The maximum Gasteiger partial charge on any atom is 0.149 e. The van der Waals surface area contributed by atoms with Gasteiger partial charge in [0.05, 0.1) is 12.2 Å². The summed E-state index contributed by atoms with van der Waals surface area (Å²) in [6.45, 7) is 4.47. The Balaban J connectivity index is 2.04. The van der Waals surface area contributed by atoms with Gasteiger partial charge in [-0.25, -0.2) is 4.98 Å². The topological polar surface area (TPSA) is 64.1 Å². The van der Waals surface area contributed by atoms with E-state index in [0.29, 0.717) is 18.1 Å². The number of pyridine rings is 1. The minimum Gasteiger partial charge on any atom is -0.465 e. The molecule has 0 aliphatic rings. The lowest BCUT2D eigenvalue weighted by atomic mass is 10.3. The first kappa shape index (κ1) is 10.5. The summed E-state index contributed by atoms with van der Waals surface area (Å²) in [6, 6.07) is 5.76. The molecule has 2 heterocycles. The van der Waals surface area contributed by atoms with E-state index in [9.17, 15) is 0 Å². The van der Waals surface area contributed by atoms with Gasteiger partial charge in [0.2, 0.25) is 0 Å². The maximum absolute atomic E-state index is 5.84. The van der Waals surface area contributed by atoms with E-state index in [1.165, 1.54) is 0 Å². The highest BCUT2D eigenvalue weighted by atomic mass is 16.3. The number of hydrogen-bond acceptors (Lipinski definition) is 4. The second-order valence-electron chi connectivity index (χ2n) is 3.82. The predicted molar refractivity (Wildman–Crippen MR) is 64.2 cm³/mol. The molecule has 2 rings (SSSR count). The van der Waals surface area contributed by atoms with Crippen LogP contribution in [-0.4, -0.2) is 4.98 Å². The number of furan rings is 1. The van der Waals surface area contributed by atoms with Gasteiger partial charge in [0.15, 0.2) is 0 Å². The van der Waals surface area contributed by atoms with E-state index in [1.807, 2.05) is 32.0 Å². The Hall–Kier alpha value is -1.97. The normalized spacial score (nSPS) is 10.4. The van der Waals surface area contributed by atoms with Crippen LogP contribution in [0.2, 0.25) is 0 Å². The molecule has 0 saturated heterocycles. The number of aromatic nitrogens is 1. The summed E-state index contributed by atoms with van der Waals surface area (Å²) in [7, 11) is 0. The van der Waals surface area contributed by atoms with Crippen molar-refractivity contribution in [2.75, 3.05) is 11.1 Å². The minimum absolute atomic E-state index is 0.591. The van der Waals surface area contributed by atoms with Gasteiger partial charge in [-0.15, -0.1) is 0 Å². The Bertz CT molecular complexity index is 491. The molecule has 0 fully saturated rings. The van der Waals surface area contributed by atoms with E-state index in [1.54, 1.807) is 6.20 Å². The zero-order valence-corrected chi connectivity index (χ0v) is 9.45. The number of nitrogens with zero attached hydrogens (tertiary/aromatic N) is 1. The highest BCUT2D eigenvalue weighted by molar-refractivity contribution is 5.61. The van der Waals surface area contributed by atoms with E-state index in [-0.39, 0.29) is 0 Å². The molecule has 0 radical (unpaired) electrons. The van der Waals surface area contributed by atoms with Crippen molar-refractivity contribution in [3.63, 3.8) is 0 Å². The van der Waals surface area contributed by atoms with Gasteiger partial charge in [-0.3, -0.25) is 0 Å². The van der Waals surface area contributed by atoms with Crippen molar-refractivity contribution in [3.05, 3.63) is 41.5 Å². The van der Waals surface area contributed by atoms with Gasteiger partial charge in [-0.2, -0.15) is 0 Å². The van der Waals surface area contributed by atoms with Gasteiger partial charge in [0.1, 0.15) is 17.3 Å². The highest BCUT2D eigenvalue weighted by Crippen LogP contribution is 2.17. The average Bonchev–Trinajstić information content (AvgIpc) is 2.63. The summed E-state index contributed by atoms with van der Waals surface area (Å²) in [6.07, 6.45) is 1.78. The van der Waals surface area contributed by atoms with Crippen LogP contribution in [-0.2, 0) is 6.54 Å². The summed E-state index contributed by atoms with van der Waals surface area (Å²) in [5.41, 5.74) is 7.54. The van der Waals surface area contributed by atoms with E-state index < -0.39 is 0 Å². The third kappa shape index (κ3) is 2.34. The van der Waals surface area contributed by atoms with E-state index >= 15 is 0 Å². The molecule has 0 unspecified atom stereocenters. The molecule has 0 spiro atoms. The van der Waals surface area contributed by atoms with Gasteiger partial charge >= 0.3 is 0 Å². The average molecular weight is 217 g/mol. The van der Waals surface area contributed by atoms with Crippen LogP contribution in [0.25, 0.3) is 0 Å². The molecule has 0 aliphatic carbocycles. The zero-order valence-electron chi connectivity index (χ0n) is 9.45. The second kappa shape index (κ2) is 4.26. The summed E-state index contributed by atoms with van der Waals surface area (Å²) in [5.74, 6) is 2.47. The Morgan fingerprint density at radius 2 is 2.19 bits per heavy atom. The third-order valence-corrected chi connectivity index (χ3v) is 2.28. The first-order valence-corrected chi connectivity index (χ1v) is 5.16. The van der Waals surface area contributed by atoms with Gasteiger partial charge in [0.25, 0.3) is 0 Å². The van der Waals surface area contributed by atoms with Crippen LogP contribution >= 0.6 is 0 Å². The lowest BCUT2D eigenvalue weighted by Crippen LogP contribution is -2.04. The van der Waals surface area contributed by atoms with Crippen LogP contribution in [0.15, 0.2) is 28.8 Å². The fourth-order valence-corrected chi connectivity index (χ4v) is 1.49. The lowest BCUT2D eigenvalue weighted by Gasteiger charge is -2.07. The number of nitrogen functional groups attached to an aromatic ring is 1. The number of hydrogen-bond donors (Lipinski definition) is 2. The molecular formula is C12H15N3O. The van der Waals surface area contributed by atoms with Crippen LogP contribution in [0.5, 0.6) is 0 Å². The molecule has 2 aromatic heterocycles. The Morgan fingerprint density at radius 3 is 2.81 bits per heavy atom. The fourth-order valence-electron chi connectivity index (χ4n) is 1.49. The van der Waals surface area contributed by atoms with Crippen molar-refractivity contribution in [2.45, 2.75) is 20.4 Å². The molecule has 4 nitrogen and oxygen atoms in total. The van der Waals surface area contributed by atoms with E-state index in [0.717, 1.165) is 17.1 Å². The van der Waals surface area contributed by atoms with Crippen LogP contribution in [0.1, 0.15) is 17.1 Å². The van der Waals surface area contributed by atoms with Gasteiger partial charge < -0.3 is 15.5 Å². The molecule has 2 aromatic rings. The van der Waals surface area contributed by atoms with Crippen LogP contribution in [0.4, 0.5) is 11.5 Å². The fraction of sp³-hybridized carbons (Fsp3) is 0.250. The molecule has 16 heavy (non-hydrogen) atoms. The zero-order chi connectivity index (χ0) is 11.5. The van der Waals surface area contributed by atoms with Crippen molar-refractivity contribution in [2.24, 2.45) is 0 Å². The highest BCUT2D eigenvalue weighted by Gasteiger charge is 2.02. The summed E-state index contributed by atoms with van der Waals surface area (Å²) >= 11 is 0. The van der Waals surface area contributed by atoms with Crippen molar-refractivity contribution in [1.29, 1.82) is 0 Å². The number of nitrogens with two attached hydrogens (primary N) is 1. The molecule has 84 valence electrons. The van der Waals surface area contributed by atoms with Gasteiger partial charge in [-0.05, 0) is 37.6 Å².